The molecular weight excluding hydrogens is 282 g/mol. The molecule has 0 fully saturated rings. The Morgan fingerprint density at radius 1 is 1.32 bits per heavy atom. The van der Waals surface area contributed by atoms with Gasteiger partial charge in [0.2, 0.25) is 0 Å². The van der Waals surface area contributed by atoms with Crippen molar-refractivity contribution in [1.82, 2.24) is 14.7 Å². The highest BCUT2D eigenvalue weighted by atomic mass is 16.4. The number of carbonyl (C=O) groups is 2. The topological polar surface area (TPSA) is 75.4 Å². The van der Waals surface area contributed by atoms with E-state index in [0.717, 1.165) is 11.3 Å². The summed E-state index contributed by atoms with van der Waals surface area (Å²) >= 11 is 0. The zero-order chi connectivity index (χ0) is 16.1. The molecule has 0 bridgehead atoms. The quantitative estimate of drug-likeness (QED) is 0.886. The summed E-state index contributed by atoms with van der Waals surface area (Å²) in [6, 6.07) is 7.79. The van der Waals surface area contributed by atoms with E-state index < -0.39 is 5.97 Å². The maximum absolute atomic E-state index is 12.3. The van der Waals surface area contributed by atoms with E-state index in [2.05, 4.69) is 5.10 Å². The first-order chi connectivity index (χ1) is 10.5. The van der Waals surface area contributed by atoms with Crippen LogP contribution in [0.5, 0.6) is 0 Å². The number of benzene rings is 1. The Hall–Kier alpha value is -2.63. The summed E-state index contributed by atoms with van der Waals surface area (Å²) in [7, 11) is 1.66. The van der Waals surface area contributed by atoms with Crippen LogP contribution in [0, 0.1) is 6.92 Å². The highest BCUT2D eigenvalue weighted by Crippen LogP contribution is 2.14. The van der Waals surface area contributed by atoms with E-state index in [9.17, 15) is 9.59 Å². The summed E-state index contributed by atoms with van der Waals surface area (Å²) in [5.74, 6) is -1.02. The fourth-order valence-corrected chi connectivity index (χ4v) is 2.17. The van der Waals surface area contributed by atoms with Crippen LogP contribution < -0.4 is 0 Å². The van der Waals surface area contributed by atoms with E-state index in [1.807, 2.05) is 31.2 Å². The van der Waals surface area contributed by atoms with Gasteiger partial charge in [-0.15, -0.1) is 0 Å². The minimum atomic E-state index is -0.853. The molecule has 1 heterocycles. The summed E-state index contributed by atoms with van der Waals surface area (Å²) in [4.78, 5) is 24.3. The lowest BCUT2D eigenvalue weighted by atomic mass is 10.2. The standard InChI is InChI=1S/C16H19N3O3/c1-12-6-3-4-7-14(12)19-11-13(10-17-19)16(22)18(2)9-5-8-15(20)21/h3-4,6-7,10-11H,5,8-9H2,1-2H3,(H,20,21). The highest BCUT2D eigenvalue weighted by Gasteiger charge is 2.15. The molecule has 1 amide bonds. The van der Waals surface area contributed by atoms with Crippen LogP contribution in [0.25, 0.3) is 5.69 Å². The molecule has 2 aromatic rings. The Morgan fingerprint density at radius 2 is 2.05 bits per heavy atom. The lowest BCUT2D eigenvalue weighted by Crippen LogP contribution is -2.27. The molecule has 0 saturated carbocycles. The van der Waals surface area contributed by atoms with Gasteiger partial charge in [-0.3, -0.25) is 9.59 Å². The first kappa shape index (κ1) is 15.8. The van der Waals surface area contributed by atoms with Gasteiger partial charge in [-0.05, 0) is 25.0 Å². The molecule has 2 rings (SSSR count). The van der Waals surface area contributed by atoms with Gasteiger partial charge >= 0.3 is 5.97 Å². The van der Waals surface area contributed by atoms with Crippen molar-refractivity contribution < 1.29 is 14.7 Å². The number of para-hydroxylation sites is 1. The molecule has 6 heteroatoms. The number of aliphatic carboxylic acids is 1. The van der Waals surface area contributed by atoms with Gasteiger partial charge in [-0.1, -0.05) is 18.2 Å². The second-order valence-corrected chi connectivity index (χ2v) is 5.18. The van der Waals surface area contributed by atoms with Gasteiger partial charge in [0.05, 0.1) is 17.4 Å². The number of nitrogens with zero attached hydrogens (tertiary/aromatic N) is 3. The van der Waals surface area contributed by atoms with Gasteiger partial charge in [0.25, 0.3) is 5.91 Å². The largest absolute Gasteiger partial charge is 0.481 e. The second-order valence-electron chi connectivity index (χ2n) is 5.18. The van der Waals surface area contributed by atoms with Crippen LogP contribution in [-0.2, 0) is 4.79 Å². The van der Waals surface area contributed by atoms with E-state index in [0.29, 0.717) is 18.5 Å². The number of carboxylic acid groups (broad SMARTS) is 1. The van der Waals surface area contributed by atoms with Crippen molar-refractivity contribution in [2.45, 2.75) is 19.8 Å². The summed E-state index contributed by atoms with van der Waals surface area (Å²) in [6.45, 7) is 2.39. The van der Waals surface area contributed by atoms with Crippen LogP contribution in [0.3, 0.4) is 0 Å². The minimum Gasteiger partial charge on any atom is -0.481 e. The normalized spacial score (nSPS) is 10.5. The van der Waals surface area contributed by atoms with E-state index >= 15 is 0 Å². The maximum atomic E-state index is 12.3. The lowest BCUT2D eigenvalue weighted by molar-refractivity contribution is -0.137. The zero-order valence-corrected chi connectivity index (χ0v) is 12.7. The number of amides is 1. The van der Waals surface area contributed by atoms with Crippen LogP contribution in [0.4, 0.5) is 0 Å². The molecule has 1 aromatic heterocycles. The average Bonchev–Trinajstić information content (AvgIpc) is 2.96. The number of aromatic nitrogens is 2. The molecule has 116 valence electrons. The number of aryl methyl sites for hydroxylation is 1. The lowest BCUT2D eigenvalue weighted by Gasteiger charge is -2.15. The number of carboxylic acids is 1. The van der Waals surface area contributed by atoms with Crippen molar-refractivity contribution in [3.8, 4) is 5.69 Å². The van der Waals surface area contributed by atoms with Crippen LogP contribution in [-0.4, -0.2) is 45.3 Å². The third kappa shape index (κ3) is 3.72. The third-order valence-corrected chi connectivity index (χ3v) is 3.42. The van der Waals surface area contributed by atoms with E-state index in [1.54, 1.807) is 17.9 Å². The molecule has 1 aromatic carbocycles. The Balaban J connectivity index is 2.06. The molecule has 0 unspecified atom stereocenters. The van der Waals surface area contributed by atoms with Crippen molar-refractivity contribution in [2.24, 2.45) is 0 Å². The van der Waals surface area contributed by atoms with Gasteiger partial charge in [0.1, 0.15) is 0 Å². The Labute approximate surface area is 129 Å². The van der Waals surface area contributed by atoms with Crippen LogP contribution in [0.2, 0.25) is 0 Å². The molecule has 0 saturated heterocycles. The van der Waals surface area contributed by atoms with Gasteiger partial charge < -0.3 is 10.0 Å². The summed E-state index contributed by atoms with van der Waals surface area (Å²) in [5, 5.41) is 12.9. The van der Waals surface area contributed by atoms with Crippen LogP contribution in [0.1, 0.15) is 28.8 Å². The van der Waals surface area contributed by atoms with E-state index in [1.165, 1.54) is 11.1 Å². The first-order valence-corrected chi connectivity index (χ1v) is 7.07. The summed E-state index contributed by atoms with van der Waals surface area (Å²) in [6.07, 6.45) is 3.71. The highest BCUT2D eigenvalue weighted by molar-refractivity contribution is 5.93. The van der Waals surface area contributed by atoms with Crippen LogP contribution in [0.15, 0.2) is 36.7 Å². The van der Waals surface area contributed by atoms with Gasteiger partial charge in [-0.25, -0.2) is 4.68 Å². The predicted molar refractivity (Wildman–Crippen MR) is 82.1 cm³/mol. The first-order valence-electron chi connectivity index (χ1n) is 7.07. The van der Waals surface area contributed by atoms with E-state index in [-0.39, 0.29) is 12.3 Å². The summed E-state index contributed by atoms with van der Waals surface area (Å²) in [5.41, 5.74) is 2.48. The van der Waals surface area contributed by atoms with Crippen molar-refractivity contribution in [3.63, 3.8) is 0 Å². The minimum absolute atomic E-state index is 0.0556. The molecule has 0 aliphatic rings. The van der Waals surface area contributed by atoms with Gasteiger partial charge in [-0.2, -0.15) is 5.10 Å². The second kappa shape index (κ2) is 6.89. The van der Waals surface area contributed by atoms with E-state index in [4.69, 9.17) is 5.11 Å². The number of hydrogen-bond donors (Lipinski definition) is 1. The van der Waals surface area contributed by atoms with Crippen molar-refractivity contribution >= 4 is 11.9 Å². The Morgan fingerprint density at radius 3 is 2.73 bits per heavy atom. The molecule has 0 atom stereocenters. The zero-order valence-electron chi connectivity index (χ0n) is 12.7. The monoisotopic (exact) mass is 301 g/mol. The SMILES string of the molecule is Cc1ccccc1-n1cc(C(=O)N(C)CCCC(=O)O)cn1. The molecule has 0 aliphatic heterocycles. The molecular formula is C16H19N3O3. The number of rotatable bonds is 6. The predicted octanol–water partition coefficient (Wildman–Crippen LogP) is 2.12. The van der Waals surface area contributed by atoms with Crippen molar-refractivity contribution in [3.05, 3.63) is 47.8 Å². The maximum Gasteiger partial charge on any atom is 0.303 e. The van der Waals surface area contributed by atoms with Crippen molar-refractivity contribution in [1.29, 1.82) is 0 Å². The number of carbonyl (C=O) groups excluding carboxylic acids is 1. The fourth-order valence-electron chi connectivity index (χ4n) is 2.17. The van der Waals surface area contributed by atoms with Gasteiger partial charge in [0.15, 0.2) is 0 Å². The van der Waals surface area contributed by atoms with Gasteiger partial charge in [0, 0.05) is 26.2 Å². The molecule has 6 nitrogen and oxygen atoms in total. The smallest absolute Gasteiger partial charge is 0.303 e. The molecule has 0 radical (unpaired) electrons. The molecule has 0 spiro atoms. The van der Waals surface area contributed by atoms with Crippen LogP contribution >= 0.6 is 0 Å². The Bertz CT molecular complexity index is 679. The number of hydrogen-bond acceptors (Lipinski definition) is 3. The summed E-state index contributed by atoms with van der Waals surface area (Å²) < 4.78 is 1.67. The molecule has 22 heavy (non-hydrogen) atoms. The Kier molecular flexibility index (Phi) is 4.93. The molecule has 1 N–H and O–H groups in total. The average molecular weight is 301 g/mol. The molecule has 0 aliphatic carbocycles. The van der Waals surface area contributed by atoms with Crippen molar-refractivity contribution in [2.75, 3.05) is 13.6 Å². The third-order valence-electron chi connectivity index (χ3n) is 3.42. The fraction of sp³-hybridized carbons (Fsp3) is 0.312.